The van der Waals surface area contributed by atoms with E-state index in [0.717, 1.165) is 25.0 Å². The summed E-state index contributed by atoms with van der Waals surface area (Å²) in [6.07, 6.45) is 2.40. The van der Waals surface area contributed by atoms with Crippen LogP contribution in [-0.4, -0.2) is 56.7 Å². The Hall–Kier alpha value is -1.35. The van der Waals surface area contributed by atoms with Crippen molar-refractivity contribution in [3.63, 3.8) is 0 Å². The predicted molar refractivity (Wildman–Crippen MR) is 107 cm³/mol. The van der Waals surface area contributed by atoms with Crippen LogP contribution in [-0.2, 0) is 16.1 Å². The molecule has 0 aliphatic carbocycles. The number of guanidine groups is 1. The molecular weight excluding hydrogens is 419 g/mol. The van der Waals surface area contributed by atoms with Gasteiger partial charge in [-0.25, -0.2) is 4.99 Å². The molecule has 134 valence electrons. The van der Waals surface area contributed by atoms with Gasteiger partial charge in [-0.15, -0.1) is 24.0 Å². The number of nitrogens with one attached hydrogen (secondary N) is 2. The molecule has 1 amide bonds. The molecule has 1 fully saturated rings. The summed E-state index contributed by atoms with van der Waals surface area (Å²) in [6, 6.07) is 10.0. The van der Waals surface area contributed by atoms with Crippen molar-refractivity contribution in [3.05, 3.63) is 35.9 Å². The topological polar surface area (TPSA) is 66.0 Å². The zero-order valence-corrected chi connectivity index (χ0v) is 16.7. The molecular formula is C17H27IN4O2. The molecule has 1 atom stereocenters. The maximum absolute atomic E-state index is 11.7. The van der Waals surface area contributed by atoms with Gasteiger partial charge in [-0.2, -0.15) is 0 Å². The van der Waals surface area contributed by atoms with Crippen molar-refractivity contribution in [3.8, 4) is 0 Å². The fraction of sp³-hybridized carbons (Fsp3) is 0.529. The van der Waals surface area contributed by atoms with Crippen LogP contribution in [0, 0.1) is 0 Å². The lowest BCUT2D eigenvalue weighted by atomic mass is 10.2. The SMILES string of the molecule is CN(C)C(=O)CNC(=NCc1ccccc1)NCC1CCCO1.I. The number of carbonyl (C=O) groups excluding carboxylic acids is 1. The van der Waals surface area contributed by atoms with Crippen LogP contribution >= 0.6 is 24.0 Å². The minimum atomic E-state index is 0. The molecule has 1 aromatic rings. The van der Waals surface area contributed by atoms with E-state index in [4.69, 9.17) is 4.74 Å². The summed E-state index contributed by atoms with van der Waals surface area (Å²) in [7, 11) is 3.48. The normalized spacial score (nSPS) is 17.1. The van der Waals surface area contributed by atoms with E-state index in [-0.39, 0.29) is 42.5 Å². The summed E-state index contributed by atoms with van der Waals surface area (Å²) < 4.78 is 5.61. The number of ether oxygens (including phenoxy) is 1. The van der Waals surface area contributed by atoms with Crippen LogP contribution in [0.5, 0.6) is 0 Å². The molecule has 1 saturated heterocycles. The maximum Gasteiger partial charge on any atom is 0.241 e. The molecule has 1 aliphatic rings. The van der Waals surface area contributed by atoms with Crippen LogP contribution in [0.3, 0.4) is 0 Å². The Kier molecular flexibility index (Phi) is 9.70. The van der Waals surface area contributed by atoms with Crippen molar-refractivity contribution in [1.82, 2.24) is 15.5 Å². The summed E-state index contributed by atoms with van der Waals surface area (Å²) >= 11 is 0. The molecule has 1 unspecified atom stereocenters. The number of carbonyl (C=O) groups is 1. The Morgan fingerprint density at radius 1 is 1.29 bits per heavy atom. The van der Waals surface area contributed by atoms with Gasteiger partial charge in [-0.1, -0.05) is 30.3 Å². The number of halogens is 1. The van der Waals surface area contributed by atoms with E-state index in [1.54, 1.807) is 19.0 Å². The molecule has 1 heterocycles. The first-order chi connectivity index (χ1) is 11.1. The van der Waals surface area contributed by atoms with Gasteiger partial charge in [0.25, 0.3) is 0 Å². The number of hydrogen-bond donors (Lipinski definition) is 2. The Morgan fingerprint density at radius 2 is 2.04 bits per heavy atom. The van der Waals surface area contributed by atoms with Crippen LogP contribution in [0.2, 0.25) is 0 Å². The van der Waals surface area contributed by atoms with Crippen molar-refractivity contribution >= 4 is 35.8 Å². The molecule has 6 nitrogen and oxygen atoms in total. The molecule has 1 aliphatic heterocycles. The summed E-state index contributed by atoms with van der Waals surface area (Å²) in [6.45, 7) is 2.32. The standard InChI is InChI=1S/C17H26N4O2.HI/c1-21(2)16(22)13-20-17(19-12-15-9-6-10-23-15)18-11-14-7-4-3-5-8-14;/h3-5,7-8,15H,6,9-13H2,1-2H3,(H2,18,19,20);1H. The van der Waals surface area contributed by atoms with E-state index in [0.29, 0.717) is 19.0 Å². The second kappa shape index (κ2) is 11.2. The molecule has 7 heteroatoms. The second-order valence-corrected chi connectivity index (χ2v) is 5.81. The van der Waals surface area contributed by atoms with Crippen LogP contribution in [0.4, 0.5) is 0 Å². The van der Waals surface area contributed by atoms with E-state index in [1.807, 2.05) is 30.3 Å². The molecule has 2 N–H and O–H groups in total. The van der Waals surface area contributed by atoms with Crippen LogP contribution in [0.1, 0.15) is 18.4 Å². The minimum Gasteiger partial charge on any atom is -0.376 e. The summed E-state index contributed by atoms with van der Waals surface area (Å²) in [5.74, 6) is 0.649. The molecule has 24 heavy (non-hydrogen) atoms. The van der Waals surface area contributed by atoms with E-state index in [2.05, 4.69) is 15.6 Å². The average Bonchev–Trinajstić information content (AvgIpc) is 3.08. The fourth-order valence-electron chi connectivity index (χ4n) is 2.26. The van der Waals surface area contributed by atoms with Gasteiger partial charge in [0, 0.05) is 27.2 Å². The van der Waals surface area contributed by atoms with Crippen LogP contribution in [0.25, 0.3) is 0 Å². The van der Waals surface area contributed by atoms with Crippen molar-refractivity contribution in [1.29, 1.82) is 0 Å². The van der Waals surface area contributed by atoms with E-state index in [9.17, 15) is 4.79 Å². The van der Waals surface area contributed by atoms with Crippen molar-refractivity contribution in [2.75, 3.05) is 33.8 Å². The van der Waals surface area contributed by atoms with Crippen molar-refractivity contribution in [2.24, 2.45) is 4.99 Å². The highest BCUT2D eigenvalue weighted by molar-refractivity contribution is 14.0. The van der Waals surface area contributed by atoms with E-state index >= 15 is 0 Å². The Morgan fingerprint density at radius 3 is 2.67 bits per heavy atom. The first-order valence-electron chi connectivity index (χ1n) is 8.03. The van der Waals surface area contributed by atoms with Gasteiger partial charge in [0.05, 0.1) is 19.2 Å². The quantitative estimate of drug-likeness (QED) is 0.396. The number of amides is 1. The molecule has 0 bridgehead atoms. The monoisotopic (exact) mass is 446 g/mol. The molecule has 0 radical (unpaired) electrons. The lowest BCUT2D eigenvalue weighted by Crippen LogP contribution is -2.45. The van der Waals surface area contributed by atoms with Crippen molar-refractivity contribution < 1.29 is 9.53 Å². The van der Waals surface area contributed by atoms with Gasteiger partial charge < -0.3 is 20.3 Å². The second-order valence-electron chi connectivity index (χ2n) is 5.81. The van der Waals surface area contributed by atoms with Gasteiger partial charge in [-0.3, -0.25) is 4.79 Å². The Labute approximate surface area is 161 Å². The summed E-state index contributed by atoms with van der Waals surface area (Å²) in [5.41, 5.74) is 1.13. The fourth-order valence-corrected chi connectivity index (χ4v) is 2.26. The molecule has 0 aromatic heterocycles. The third-order valence-electron chi connectivity index (χ3n) is 3.69. The molecule has 1 aromatic carbocycles. The first-order valence-corrected chi connectivity index (χ1v) is 8.03. The summed E-state index contributed by atoms with van der Waals surface area (Å²) in [4.78, 5) is 17.8. The molecule has 2 rings (SSSR count). The van der Waals surface area contributed by atoms with Gasteiger partial charge in [0.1, 0.15) is 0 Å². The van der Waals surface area contributed by atoms with Gasteiger partial charge in [-0.05, 0) is 18.4 Å². The van der Waals surface area contributed by atoms with Gasteiger partial charge in [0.2, 0.25) is 5.91 Å². The van der Waals surface area contributed by atoms with E-state index < -0.39 is 0 Å². The zero-order chi connectivity index (χ0) is 16.5. The largest absolute Gasteiger partial charge is 0.376 e. The Bertz CT molecular complexity index is 517. The predicted octanol–water partition coefficient (Wildman–Crippen LogP) is 1.61. The smallest absolute Gasteiger partial charge is 0.241 e. The van der Waals surface area contributed by atoms with E-state index in [1.165, 1.54) is 0 Å². The third kappa shape index (κ3) is 7.48. The van der Waals surface area contributed by atoms with Crippen LogP contribution in [0.15, 0.2) is 35.3 Å². The molecule has 0 spiro atoms. The van der Waals surface area contributed by atoms with Crippen molar-refractivity contribution in [2.45, 2.75) is 25.5 Å². The number of rotatable bonds is 6. The van der Waals surface area contributed by atoms with Crippen LogP contribution < -0.4 is 10.6 Å². The highest BCUT2D eigenvalue weighted by Gasteiger charge is 2.16. The highest BCUT2D eigenvalue weighted by Crippen LogP contribution is 2.10. The number of hydrogen-bond acceptors (Lipinski definition) is 3. The highest BCUT2D eigenvalue weighted by atomic mass is 127. The Balaban J connectivity index is 0.00000288. The average molecular weight is 446 g/mol. The number of likely N-dealkylation sites (N-methyl/N-ethyl adjacent to an activating group) is 1. The van der Waals surface area contributed by atoms with Gasteiger partial charge >= 0.3 is 0 Å². The lowest BCUT2D eigenvalue weighted by Gasteiger charge is -2.17. The number of nitrogens with zero attached hydrogens (tertiary/aromatic N) is 2. The lowest BCUT2D eigenvalue weighted by molar-refractivity contribution is -0.127. The van der Waals surface area contributed by atoms with Gasteiger partial charge in [0.15, 0.2) is 5.96 Å². The number of benzene rings is 1. The maximum atomic E-state index is 11.7. The first kappa shape index (κ1) is 20.7. The summed E-state index contributed by atoms with van der Waals surface area (Å²) in [5, 5.41) is 6.36. The third-order valence-corrected chi connectivity index (χ3v) is 3.69. The molecule has 0 saturated carbocycles. The zero-order valence-electron chi connectivity index (χ0n) is 14.3. The minimum absolute atomic E-state index is 0. The number of aliphatic imine (C=N–C) groups is 1.